The smallest absolute Gasteiger partial charge is 0.332 e. The fraction of sp³-hybridized carbons (Fsp3) is 0.455. The van der Waals surface area contributed by atoms with E-state index >= 15 is 0 Å². The second-order valence-corrected chi connectivity index (χ2v) is 4.28. The molecule has 0 aliphatic rings. The lowest BCUT2D eigenvalue weighted by Crippen LogP contribution is -2.12. The molecule has 10 nitrogen and oxygen atoms in total. The minimum atomic E-state index is -0.478. The standard InChI is InChI=1S/C11H16N8O2/c1-8-9(19(20)21)10(16-11(12-2)15-8)13-4-3-6-18-7-5-14-17-18/h5,7H,3-4,6H2,1-2H3,(H2,12,13,15,16). The third kappa shape index (κ3) is 3.61. The summed E-state index contributed by atoms with van der Waals surface area (Å²) in [5.41, 5.74) is 0.216. The molecule has 0 aliphatic heterocycles. The van der Waals surface area contributed by atoms with Crippen LogP contribution in [0.4, 0.5) is 17.5 Å². The number of nitrogens with zero attached hydrogens (tertiary/aromatic N) is 6. The maximum absolute atomic E-state index is 11.1. The molecule has 0 radical (unpaired) electrons. The van der Waals surface area contributed by atoms with Gasteiger partial charge in [-0.3, -0.25) is 14.8 Å². The van der Waals surface area contributed by atoms with Crippen LogP contribution >= 0.6 is 0 Å². The molecule has 2 N–H and O–H groups in total. The molecule has 2 aromatic rings. The molecule has 0 bridgehead atoms. The van der Waals surface area contributed by atoms with Crippen molar-refractivity contribution in [2.24, 2.45) is 0 Å². The van der Waals surface area contributed by atoms with Crippen LogP contribution in [0.3, 0.4) is 0 Å². The van der Waals surface area contributed by atoms with Crippen LogP contribution in [0.1, 0.15) is 12.1 Å². The first kappa shape index (κ1) is 14.6. The van der Waals surface area contributed by atoms with Gasteiger partial charge in [-0.05, 0) is 13.3 Å². The number of aromatic nitrogens is 5. The summed E-state index contributed by atoms with van der Waals surface area (Å²) >= 11 is 0. The van der Waals surface area contributed by atoms with E-state index in [9.17, 15) is 10.1 Å². The third-order valence-corrected chi connectivity index (χ3v) is 2.79. The van der Waals surface area contributed by atoms with Crippen LogP contribution in [0, 0.1) is 17.0 Å². The highest BCUT2D eigenvalue weighted by Gasteiger charge is 2.21. The Hall–Kier alpha value is -2.78. The summed E-state index contributed by atoms with van der Waals surface area (Å²) in [6, 6.07) is 0. The predicted molar refractivity (Wildman–Crippen MR) is 76.1 cm³/mol. The quantitative estimate of drug-likeness (QED) is 0.437. The van der Waals surface area contributed by atoms with E-state index in [1.54, 1.807) is 31.0 Å². The van der Waals surface area contributed by atoms with Gasteiger partial charge in [0.15, 0.2) is 0 Å². The highest BCUT2D eigenvalue weighted by Crippen LogP contribution is 2.26. The third-order valence-electron chi connectivity index (χ3n) is 2.79. The van der Waals surface area contributed by atoms with Crippen molar-refractivity contribution in [3.63, 3.8) is 0 Å². The van der Waals surface area contributed by atoms with Gasteiger partial charge in [-0.2, -0.15) is 4.98 Å². The number of hydrogen-bond acceptors (Lipinski definition) is 8. The highest BCUT2D eigenvalue weighted by molar-refractivity contribution is 5.60. The topological polar surface area (TPSA) is 124 Å². The molecule has 0 aromatic carbocycles. The minimum absolute atomic E-state index is 0.102. The first-order valence-electron chi connectivity index (χ1n) is 6.40. The second kappa shape index (κ2) is 6.59. The summed E-state index contributed by atoms with van der Waals surface area (Å²) in [5.74, 6) is 0.562. The van der Waals surface area contributed by atoms with Crippen LogP contribution in [-0.4, -0.2) is 43.5 Å². The van der Waals surface area contributed by atoms with Gasteiger partial charge in [0.1, 0.15) is 5.69 Å². The summed E-state index contributed by atoms with van der Waals surface area (Å²) in [4.78, 5) is 18.7. The number of hydrogen-bond donors (Lipinski definition) is 2. The molecule has 0 spiro atoms. The Balaban J connectivity index is 2.03. The predicted octanol–water partition coefficient (Wildman–Crippen LogP) is 0.829. The Morgan fingerprint density at radius 1 is 1.43 bits per heavy atom. The summed E-state index contributed by atoms with van der Waals surface area (Å²) in [5, 5.41) is 24.4. The molecular weight excluding hydrogens is 276 g/mol. The van der Waals surface area contributed by atoms with E-state index in [2.05, 4.69) is 30.9 Å². The Labute approximate surface area is 120 Å². The maximum atomic E-state index is 11.1. The maximum Gasteiger partial charge on any atom is 0.332 e. The molecule has 2 rings (SSSR count). The van der Waals surface area contributed by atoms with Crippen molar-refractivity contribution in [1.29, 1.82) is 0 Å². The Kier molecular flexibility index (Phi) is 4.59. The number of rotatable bonds is 7. The fourth-order valence-corrected chi connectivity index (χ4v) is 1.82. The summed E-state index contributed by atoms with van der Waals surface area (Å²) in [6.07, 6.45) is 4.10. The molecule has 0 unspecified atom stereocenters. The lowest BCUT2D eigenvalue weighted by Gasteiger charge is -2.09. The number of aryl methyl sites for hydroxylation is 2. The first-order chi connectivity index (χ1) is 10.1. The Bertz CT molecular complexity index is 613. The minimum Gasteiger partial charge on any atom is -0.364 e. The van der Waals surface area contributed by atoms with E-state index in [1.165, 1.54) is 0 Å². The summed E-state index contributed by atoms with van der Waals surface area (Å²) < 4.78 is 1.69. The Morgan fingerprint density at radius 3 is 2.86 bits per heavy atom. The highest BCUT2D eigenvalue weighted by atomic mass is 16.6. The number of nitro groups is 1. The average Bonchev–Trinajstić information content (AvgIpc) is 2.95. The molecule has 10 heteroatoms. The molecule has 0 aliphatic carbocycles. The largest absolute Gasteiger partial charge is 0.364 e. The van der Waals surface area contributed by atoms with Crippen molar-refractivity contribution in [3.8, 4) is 0 Å². The van der Waals surface area contributed by atoms with Crippen molar-refractivity contribution < 1.29 is 4.92 Å². The SMILES string of the molecule is CNc1nc(C)c([N+](=O)[O-])c(NCCCn2ccnn2)n1. The first-order valence-corrected chi connectivity index (χ1v) is 6.40. The van der Waals surface area contributed by atoms with Gasteiger partial charge >= 0.3 is 5.69 Å². The molecular formula is C11H16N8O2. The lowest BCUT2D eigenvalue weighted by molar-refractivity contribution is -0.385. The fourth-order valence-electron chi connectivity index (χ4n) is 1.82. The van der Waals surface area contributed by atoms with E-state index < -0.39 is 4.92 Å². The molecule has 112 valence electrons. The molecule has 0 amide bonds. The van der Waals surface area contributed by atoms with Gasteiger partial charge in [-0.1, -0.05) is 5.21 Å². The van der Waals surface area contributed by atoms with Gasteiger partial charge in [0.2, 0.25) is 11.8 Å². The molecule has 2 heterocycles. The monoisotopic (exact) mass is 292 g/mol. The second-order valence-electron chi connectivity index (χ2n) is 4.28. The molecule has 0 saturated carbocycles. The zero-order valence-electron chi connectivity index (χ0n) is 11.8. The van der Waals surface area contributed by atoms with Gasteiger partial charge in [-0.25, -0.2) is 4.98 Å². The van der Waals surface area contributed by atoms with E-state index in [0.717, 1.165) is 6.42 Å². The van der Waals surface area contributed by atoms with Gasteiger partial charge in [0.25, 0.3) is 0 Å². The number of nitrogens with one attached hydrogen (secondary N) is 2. The van der Waals surface area contributed by atoms with Gasteiger partial charge in [-0.15, -0.1) is 5.10 Å². The zero-order chi connectivity index (χ0) is 15.2. The van der Waals surface area contributed by atoms with Crippen molar-refractivity contribution in [1.82, 2.24) is 25.0 Å². The molecule has 0 fully saturated rings. The molecule has 0 saturated heterocycles. The van der Waals surface area contributed by atoms with Gasteiger partial charge in [0, 0.05) is 26.3 Å². The van der Waals surface area contributed by atoms with Crippen molar-refractivity contribution >= 4 is 17.5 Å². The van der Waals surface area contributed by atoms with Crippen LogP contribution < -0.4 is 10.6 Å². The Morgan fingerprint density at radius 2 is 2.24 bits per heavy atom. The van der Waals surface area contributed by atoms with Crippen LogP contribution in [0.5, 0.6) is 0 Å². The molecule has 0 atom stereocenters. The molecule has 2 aromatic heterocycles. The van der Waals surface area contributed by atoms with Crippen LogP contribution in [0.2, 0.25) is 0 Å². The van der Waals surface area contributed by atoms with Gasteiger partial charge in [0.05, 0.1) is 11.1 Å². The van der Waals surface area contributed by atoms with E-state index in [4.69, 9.17) is 0 Å². The van der Waals surface area contributed by atoms with Crippen LogP contribution in [0.15, 0.2) is 12.4 Å². The lowest BCUT2D eigenvalue weighted by atomic mass is 10.3. The summed E-state index contributed by atoms with van der Waals surface area (Å²) in [7, 11) is 1.66. The summed E-state index contributed by atoms with van der Waals surface area (Å²) in [6.45, 7) is 2.78. The van der Waals surface area contributed by atoms with Crippen molar-refractivity contribution in [3.05, 3.63) is 28.2 Å². The van der Waals surface area contributed by atoms with Crippen molar-refractivity contribution in [2.45, 2.75) is 19.9 Å². The average molecular weight is 292 g/mol. The molecule has 21 heavy (non-hydrogen) atoms. The van der Waals surface area contributed by atoms with Gasteiger partial charge < -0.3 is 10.6 Å². The van der Waals surface area contributed by atoms with E-state index in [0.29, 0.717) is 24.7 Å². The van der Waals surface area contributed by atoms with E-state index in [-0.39, 0.29) is 11.5 Å². The van der Waals surface area contributed by atoms with Crippen molar-refractivity contribution in [2.75, 3.05) is 24.2 Å². The van der Waals surface area contributed by atoms with Crippen LogP contribution in [-0.2, 0) is 6.54 Å². The zero-order valence-corrected chi connectivity index (χ0v) is 11.8. The van der Waals surface area contributed by atoms with E-state index in [1.807, 2.05) is 0 Å². The number of anilines is 2. The normalized spacial score (nSPS) is 10.4. The van der Waals surface area contributed by atoms with Crippen LogP contribution in [0.25, 0.3) is 0 Å².